The van der Waals surface area contributed by atoms with Gasteiger partial charge < -0.3 is 0 Å². The Morgan fingerprint density at radius 3 is 2.30 bits per heavy atom. The molecule has 2 aromatic carbocycles. The highest BCUT2D eigenvalue weighted by Gasteiger charge is 2.45. The molecule has 1 unspecified atom stereocenters. The highest BCUT2D eigenvalue weighted by Crippen LogP contribution is 2.42. The highest BCUT2D eigenvalue weighted by molar-refractivity contribution is 8.14. The van der Waals surface area contributed by atoms with E-state index < -0.39 is 5.66 Å². The zero-order valence-corrected chi connectivity index (χ0v) is 18.1. The van der Waals surface area contributed by atoms with E-state index in [1.807, 2.05) is 29.3 Å². The number of hydrogen-bond acceptors (Lipinski definition) is 8. The van der Waals surface area contributed by atoms with Crippen molar-refractivity contribution in [1.82, 2.24) is 5.01 Å². The summed E-state index contributed by atoms with van der Waals surface area (Å²) in [6.45, 7) is 1.61. The SMILES string of the molecule is c1ccc(C2=NN(C3=NCCS3)C(N=NC3=NCCS3)(c3ccccc3)CC2)cc1. The molecule has 0 aliphatic carbocycles. The normalized spacial score (nSPS) is 24.1. The summed E-state index contributed by atoms with van der Waals surface area (Å²) in [5, 5.41) is 18.3. The van der Waals surface area contributed by atoms with Crippen molar-refractivity contribution in [3.05, 3.63) is 71.8 Å². The monoisotopic (exact) mass is 434 g/mol. The molecule has 0 aromatic heterocycles. The van der Waals surface area contributed by atoms with Crippen molar-refractivity contribution < 1.29 is 0 Å². The van der Waals surface area contributed by atoms with E-state index in [9.17, 15) is 0 Å². The number of rotatable bonds is 3. The smallest absolute Gasteiger partial charge is 0.204 e. The first kappa shape index (κ1) is 19.5. The van der Waals surface area contributed by atoms with Gasteiger partial charge in [-0.15, -0.1) is 5.11 Å². The molecular weight excluding hydrogens is 412 g/mol. The standard InChI is InChI=1S/C22H22N6S2/c1-3-7-17(8-4-1)19-11-12-22(18-9-5-2-6-10-18,27-25-20-23-13-15-29-20)28(26-19)21-24-14-16-30-21/h1-10H,11-16H2. The van der Waals surface area contributed by atoms with Crippen LogP contribution in [-0.4, -0.2) is 45.7 Å². The van der Waals surface area contributed by atoms with E-state index in [0.29, 0.717) is 0 Å². The van der Waals surface area contributed by atoms with E-state index in [-0.39, 0.29) is 0 Å². The van der Waals surface area contributed by atoms with Crippen LogP contribution in [0.2, 0.25) is 0 Å². The largest absolute Gasteiger partial charge is 0.260 e. The van der Waals surface area contributed by atoms with Crippen molar-refractivity contribution in [2.45, 2.75) is 18.5 Å². The average molecular weight is 435 g/mol. The molecule has 3 heterocycles. The minimum atomic E-state index is -0.721. The summed E-state index contributed by atoms with van der Waals surface area (Å²) in [7, 11) is 0. The van der Waals surface area contributed by atoms with Crippen LogP contribution in [0.4, 0.5) is 0 Å². The molecule has 0 radical (unpaired) electrons. The lowest BCUT2D eigenvalue weighted by molar-refractivity contribution is 0.158. The van der Waals surface area contributed by atoms with Crippen molar-refractivity contribution in [2.24, 2.45) is 25.3 Å². The molecule has 152 valence electrons. The van der Waals surface area contributed by atoms with Crippen molar-refractivity contribution in [3.8, 4) is 0 Å². The van der Waals surface area contributed by atoms with Crippen LogP contribution in [0.1, 0.15) is 24.0 Å². The van der Waals surface area contributed by atoms with Crippen LogP contribution in [0.3, 0.4) is 0 Å². The number of aliphatic imine (C=N–C) groups is 2. The average Bonchev–Trinajstić information content (AvgIpc) is 3.53. The number of amidine groups is 2. The summed E-state index contributed by atoms with van der Waals surface area (Å²) in [4.78, 5) is 9.21. The number of benzene rings is 2. The first-order chi connectivity index (χ1) is 14.9. The maximum Gasteiger partial charge on any atom is 0.204 e. The van der Waals surface area contributed by atoms with E-state index in [4.69, 9.17) is 15.2 Å². The third kappa shape index (κ3) is 3.81. The van der Waals surface area contributed by atoms with Crippen molar-refractivity contribution in [2.75, 3.05) is 24.6 Å². The van der Waals surface area contributed by atoms with E-state index in [0.717, 1.165) is 64.6 Å². The summed E-state index contributed by atoms with van der Waals surface area (Å²) in [5.41, 5.74) is 2.55. The lowest BCUT2D eigenvalue weighted by atomic mass is 9.90. The molecule has 2 aromatic rings. The van der Waals surface area contributed by atoms with Gasteiger partial charge in [0.1, 0.15) is 0 Å². The quantitative estimate of drug-likeness (QED) is 0.639. The number of nitrogens with zero attached hydrogens (tertiary/aromatic N) is 6. The van der Waals surface area contributed by atoms with E-state index in [1.54, 1.807) is 23.5 Å². The Bertz CT molecular complexity index is 1020. The summed E-state index contributed by atoms with van der Waals surface area (Å²) < 4.78 is 0. The summed E-state index contributed by atoms with van der Waals surface area (Å²) in [6.07, 6.45) is 1.58. The van der Waals surface area contributed by atoms with Gasteiger partial charge in [0, 0.05) is 23.5 Å². The van der Waals surface area contributed by atoms with Gasteiger partial charge in [-0.25, -0.2) is 5.01 Å². The predicted octanol–water partition coefficient (Wildman–Crippen LogP) is 5.00. The molecular formula is C22H22N6S2. The Morgan fingerprint density at radius 1 is 0.867 bits per heavy atom. The molecule has 3 aliphatic heterocycles. The molecule has 0 spiro atoms. The number of hydrazone groups is 1. The zero-order chi connectivity index (χ0) is 20.2. The minimum Gasteiger partial charge on any atom is -0.260 e. The number of azo groups is 1. The third-order valence-corrected chi connectivity index (χ3v) is 7.05. The first-order valence-electron chi connectivity index (χ1n) is 10.1. The van der Waals surface area contributed by atoms with Crippen LogP contribution in [-0.2, 0) is 5.66 Å². The van der Waals surface area contributed by atoms with Crippen LogP contribution >= 0.6 is 23.5 Å². The molecule has 0 fully saturated rings. The summed E-state index contributed by atoms with van der Waals surface area (Å²) in [5.74, 6) is 1.93. The fraction of sp³-hybridized carbons (Fsp3) is 0.318. The molecule has 8 heteroatoms. The van der Waals surface area contributed by atoms with Gasteiger partial charge >= 0.3 is 0 Å². The van der Waals surface area contributed by atoms with Crippen LogP contribution in [0, 0.1) is 0 Å². The van der Waals surface area contributed by atoms with E-state index in [2.05, 4.69) is 46.5 Å². The minimum absolute atomic E-state index is 0.721. The Balaban J connectivity index is 1.63. The van der Waals surface area contributed by atoms with E-state index in [1.165, 1.54) is 0 Å². The maximum absolute atomic E-state index is 5.11. The maximum atomic E-state index is 5.11. The van der Waals surface area contributed by atoms with Crippen LogP contribution in [0.5, 0.6) is 0 Å². The molecule has 30 heavy (non-hydrogen) atoms. The van der Waals surface area contributed by atoms with Gasteiger partial charge in [-0.2, -0.15) is 10.2 Å². The van der Waals surface area contributed by atoms with Crippen molar-refractivity contribution >= 4 is 39.6 Å². The zero-order valence-electron chi connectivity index (χ0n) is 16.5. The van der Waals surface area contributed by atoms with Crippen LogP contribution in [0.15, 0.2) is 86.0 Å². The number of thioether (sulfide) groups is 2. The molecule has 0 amide bonds. The lowest BCUT2D eigenvalue weighted by Crippen LogP contribution is -2.47. The molecule has 0 N–H and O–H groups in total. The Kier molecular flexibility index (Phi) is 5.68. The third-order valence-electron chi connectivity index (χ3n) is 5.25. The molecule has 6 nitrogen and oxygen atoms in total. The Labute approximate surface area is 184 Å². The summed E-state index contributed by atoms with van der Waals surface area (Å²) >= 11 is 3.39. The van der Waals surface area contributed by atoms with Gasteiger partial charge in [0.2, 0.25) is 10.8 Å². The molecule has 0 saturated carbocycles. The Hall–Kier alpha value is -2.45. The second kappa shape index (κ2) is 8.73. The molecule has 0 saturated heterocycles. The van der Waals surface area contributed by atoms with Gasteiger partial charge in [0.25, 0.3) is 0 Å². The van der Waals surface area contributed by atoms with Gasteiger partial charge in [0.15, 0.2) is 5.17 Å². The van der Waals surface area contributed by atoms with Crippen LogP contribution < -0.4 is 0 Å². The predicted molar refractivity (Wildman–Crippen MR) is 127 cm³/mol. The van der Waals surface area contributed by atoms with Gasteiger partial charge in [0.05, 0.1) is 18.8 Å². The highest BCUT2D eigenvalue weighted by atomic mass is 32.2. The van der Waals surface area contributed by atoms with Gasteiger partial charge in [-0.1, -0.05) is 84.2 Å². The van der Waals surface area contributed by atoms with Crippen molar-refractivity contribution in [3.63, 3.8) is 0 Å². The van der Waals surface area contributed by atoms with Gasteiger partial charge in [-0.3, -0.25) is 9.98 Å². The Morgan fingerprint density at radius 2 is 1.60 bits per heavy atom. The molecule has 5 rings (SSSR count). The number of hydrogen-bond donors (Lipinski definition) is 0. The topological polar surface area (TPSA) is 65.0 Å². The second-order valence-electron chi connectivity index (χ2n) is 7.13. The summed E-state index contributed by atoms with van der Waals surface area (Å²) in [6, 6.07) is 20.7. The van der Waals surface area contributed by atoms with E-state index >= 15 is 0 Å². The first-order valence-corrected chi connectivity index (χ1v) is 12.1. The van der Waals surface area contributed by atoms with Crippen molar-refractivity contribution in [1.29, 1.82) is 0 Å². The lowest BCUT2D eigenvalue weighted by Gasteiger charge is -2.41. The fourth-order valence-corrected chi connectivity index (χ4v) is 5.28. The molecule has 0 bridgehead atoms. The molecule has 1 atom stereocenters. The second-order valence-corrected chi connectivity index (χ2v) is 9.26. The van der Waals surface area contributed by atoms with Gasteiger partial charge in [-0.05, 0) is 12.0 Å². The van der Waals surface area contributed by atoms with Crippen LogP contribution in [0.25, 0.3) is 0 Å². The fourth-order valence-electron chi connectivity index (χ4n) is 3.77. The molecule has 3 aliphatic rings.